The lowest BCUT2D eigenvalue weighted by molar-refractivity contribution is 0.0448. The molecule has 1 aromatic carbocycles. The van der Waals surface area contributed by atoms with Gasteiger partial charge in [0.1, 0.15) is 5.60 Å². The highest BCUT2D eigenvalue weighted by atomic mass is 16.6. The number of hydrogen-bond acceptors (Lipinski definition) is 2. The molecular formula is C20H31NO2. The maximum absolute atomic E-state index is 12.4. The van der Waals surface area contributed by atoms with Gasteiger partial charge in [0.15, 0.2) is 0 Å². The third-order valence-corrected chi connectivity index (χ3v) is 4.54. The lowest BCUT2D eigenvalue weighted by Crippen LogP contribution is -2.41. The Morgan fingerprint density at radius 2 is 1.78 bits per heavy atom. The van der Waals surface area contributed by atoms with Crippen LogP contribution < -0.4 is 5.32 Å². The molecule has 1 aliphatic rings. The predicted molar refractivity (Wildman–Crippen MR) is 94.4 cm³/mol. The van der Waals surface area contributed by atoms with Gasteiger partial charge in [-0.3, -0.25) is 0 Å². The number of nitrogens with one attached hydrogen (secondary N) is 1. The summed E-state index contributed by atoms with van der Waals surface area (Å²) in [7, 11) is 0. The molecule has 0 spiro atoms. The van der Waals surface area contributed by atoms with E-state index >= 15 is 0 Å². The van der Waals surface area contributed by atoms with Crippen molar-refractivity contribution >= 4 is 6.09 Å². The largest absolute Gasteiger partial charge is 0.444 e. The molecule has 3 heteroatoms. The van der Waals surface area contributed by atoms with Gasteiger partial charge in [-0.15, -0.1) is 0 Å². The predicted octanol–water partition coefficient (Wildman–Crippen LogP) is 5.25. The maximum Gasteiger partial charge on any atom is 0.408 e. The molecule has 0 aliphatic heterocycles. The van der Waals surface area contributed by atoms with Crippen LogP contribution in [0.2, 0.25) is 0 Å². The highest BCUT2D eigenvalue weighted by Crippen LogP contribution is 2.43. The quantitative estimate of drug-likeness (QED) is 0.718. The zero-order valence-corrected chi connectivity index (χ0v) is 15.4. The van der Waals surface area contributed by atoms with E-state index in [-0.39, 0.29) is 17.6 Å². The van der Waals surface area contributed by atoms with Crippen LogP contribution in [0.1, 0.15) is 71.6 Å². The highest BCUT2D eigenvalue weighted by Gasteiger charge is 2.37. The molecule has 2 rings (SSSR count). The Morgan fingerprint density at radius 3 is 2.39 bits per heavy atom. The third kappa shape index (κ3) is 4.73. The summed E-state index contributed by atoms with van der Waals surface area (Å²) in [6.45, 7) is 12.5. The first-order chi connectivity index (χ1) is 10.6. The number of fused-ring (bicyclic) bond motifs is 1. The van der Waals surface area contributed by atoms with Gasteiger partial charge in [0.05, 0.1) is 6.04 Å². The van der Waals surface area contributed by atoms with Crippen molar-refractivity contribution in [2.24, 2.45) is 11.3 Å². The van der Waals surface area contributed by atoms with Crippen LogP contribution in [0.15, 0.2) is 24.3 Å². The number of amides is 1. The molecule has 1 aromatic rings. The van der Waals surface area contributed by atoms with Crippen LogP contribution in [0.5, 0.6) is 0 Å². The molecule has 0 saturated carbocycles. The van der Waals surface area contributed by atoms with E-state index in [4.69, 9.17) is 4.74 Å². The van der Waals surface area contributed by atoms with Gasteiger partial charge in [-0.05, 0) is 62.5 Å². The van der Waals surface area contributed by atoms with Crippen molar-refractivity contribution in [3.63, 3.8) is 0 Å². The summed E-state index contributed by atoms with van der Waals surface area (Å²) in [4.78, 5) is 12.4. The number of carbonyl (C=O) groups excluding carboxylic acids is 1. The van der Waals surface area contributed by atoms with Crippen LogP contribution in [0.25, 0.3) is 0 Å². The van der Waals surface area contributed by atoms with E-state index in [1.807, 2.05) is 20.8 Å². The second kappa shape index (κ2) is 6.54. The molecule has 2 atom stereocenters. The molecule has 1 N–H and O–H groups in total. The molecule has 1 amide bonds. The Bertz CT molecular complexity index is 551. The van der Waals surface area contributed by atoms with Crippen LogP contribution in [0, 0.1) is 11.3 Å². The first-order valence-electron chi connectivity index (χ1n) is 8.65. The zero-order valence-electron chi connectivity index (χ0n) is 15.4. The molecule has 0 fully saturated rings. The molecule has 23 heavy (non-hydrogen) atoms. The summed E-state index contributed by atoms with van der Waals surface area (Å²) in [5.41, 5.74) is 2.24. The van der Waals surface area contributed by atoms with Gasteiger partial charge in [0.25, 0.3) is 0 Å². The van der Waals surface area contributed by atoms with Gasteiger partial charge in [0, 0.05) is 0 Å². The standard InChI is InChI=1S/C20H31NO2/c1-19(2,3)16-13-9-11-14-10-7-8-12-15(14)17(16)21-18(22)23-20(4,5)6/h7-8,10,12,16-17H,9,11,13H2,1-6H3,(H,21,22). The minimum absolute atomic E-state index is 0.00329. The number of hydrogen-bond donors (Lipinski definition) is 1. The topological polar surface area (TPSA) is 38.3 Å². The fourth-order valence-corrected chi connectivity index (χ4v) is 3.51. The summed E-state index contributed by atoms with van der Waals surface area (Å²) < 4.78 is 5.51. The molecule has 0 radical (unpaired) electrons. The first-order valence-corrected chi connectivity index (χ1v) is 8.65. The molecule has 0 bridgehead atoms. The van der Waals surface area contributed by atoms with Gasteiger partial charge in [-0.2, -0.15) is 0 Å². The van der Waals surface area contributed by atoms with Crippen molar-refractivity contribution < 1.29 is 9.53 Å². The summed E-state index contributed by atoms with van der Waals surface area (Å²) in [5, 5.41) is 3.17. The third-order valence-electron chi connectivity index (χ3n) is 4.54. The van der Waals surface area contributed by atoms with Crippen molar-refractivity contribution in [2.75, 3.05) is 0 Å². The van der Waals surface area contributed by atoms with Crippen molar-refractivity contribution in [1.82, 2.24) is 5.32 Å². The molecule has 0 aromatic heterocycles. The summed E-state index contributed by atoms with van der Waals surface area (Å²) in [6, 6.07) is 8.49. The zero-order chi connectivity index (χ0) is 17.3. The minimum Gasteiger partial charge on any atom is -0.444 e. The molecule has 3 nitrogen and oxygen atoms in total. The van der Waals surface area contributed by atoms with Crippen molar-refractivity contribution in [3.05, 3.63) is 35.4 Å². The van der Waals surface area contributed by atoms with E-state index in [2.05, 4.69) is 50.4 Å². The number of aryl methyl sites for hydroxylation is 1. The molecule has 1 aliphatic carbocycles. The summed E-state index contributed by atoms with van der Waals surface area (Å²) >= 11 is 0. The number of benzene rings is 1. The first kappa shape index (κ1) is 17.8. The Hall–Kier alpha value is -1.51. The molecule has 0 saturated heterocycles. The maximum atomic E-state index is 12.4. The number of alkyl carbamates (subject to hydrolysis) is 1. The van der Waals surface area contributed by atoms with Gasteiger partial charge >= 0.3 is 6.09 Å². The molecule has 0 heterocycles. The Morgan fingerprint density at radius 1 is 1.13 bits per heavy atom. The number of carbonyl (C=O) groups is 1. The van der Waals surface area contributed by atoms with Gasteiger partial charge in [-0.1, -0.05) is 45.0 Å². The SMILES string of the molecule is CC(C)(C)OC(=O)NC1c2ccccc2CCCC1C(C)(C)C. The normalized spacial score (nSPS) is 22.0. The molecule has 2 unspecified atom stereocenters. The highest BCUT2D eigenvalue weighted by molar-refractivity contribution is 5.68. The lowest BCUT2D eigenvalue weighted by atomic mass is 9.73. The van der Waals surface area contributed by atoms with E-state index in [0.717, 1.165) is 19.3 Å². The smallest absolute Gasteiger partial charge is 0.408 e. The van der Waals surface area contributed by atoms with Crippen LogP contribution in [-0.4, -0.2) is 11.7 Å². The average molecular weight is 317 g/mol. The van der Waals surface area contributed by atoms with Crippen LogP contribution in [0.3, 0.4) is 0 Å². The monoisotopic (exact) mass is 317 g/mol. The summed E-state index contributed by atoms with van der Waals surface area (Å²) in [5.74, 6) is 0.388. The fourth-order valence-electron chi connectivity index (χ4n) is 3.51. The van der Waals surface area contributed by atoms with E-state index in [1.165, 1.54) is 11.1 Å². The van der Waals surface area contributed by atoms with Crippen molar-refractivity contribution in [1.29, 1.82) is 0 Å². The van der Waals surface area contributed by atoms with Gasteiger partial charge in [0.2, 0.25) is 0 Å². The molecular weight excluding hydrogens is 286 g/mol. The van der Waals surface area contributed by atoms with E-state index < -0.39 is 5.60 Å². The second-order valence-electron chi connectivity index (χ2n) is 8.69. The van der Waals surface area contributed by atoms with Crippen LogP contribution in [-0.2, 0) is 11.2 Å². The number of ether oxygens (including phenoxy) is 1. The van der Waals surface area contributed by atoms with Crippen molar-refractivity contribution in [2.45, 2.75) is 72.4 Å². The van der Waals surface area contributed by atoms with Crippen LogP contribution in [0.4, 0.5) is 4.79 Å². The van der Waals surface area contributed by atoms with E-state index in [0.29, 0.717) is 5.92 Å². The summed E-state index contributed by atoms with van der Waals surface area (Å²) in [6.07, 6.45) is 3.02. The fraction of sp³-hybridized carbons (Fsp3) is 0.650. The lowest BCUT2D eigenvalue weighted by Gasteiger charge is -2.37. The van der Waals surface area contributed by atoms with Gasteiger partial charge < -0.3 is 10.1 Å². The average Bonchev–Trinajstić information content (AvgIpc) is 2.56. The van der Waals surface area contributed by atoms with E-state index in [9.17, 15) is 4.79 Å². The van der Waals surface area contributed by atoms with Crippen LogP contribution >= 0.6 is 0 Å². The van der Waals surface area contributed by atoms with E-state index in [1.54, 1.807) is 0 Å². The Balaban J connectivity index is 2.33. The van der Waals surface area contributed by atoms with Gasteiger partial charge in [-0.25, -0.2) is 4.79 Å². The second-order valence-corrected chi connectivity index (χ2v) is 8.69. The van der Waals surface area contributed by atoms with Crippen molar-refractivity contribution in [3.8, 4) is 0 Å². The Labute approximate surface area is 140 Å². The molecule has 128 valence electrons. The number of rotatable bonds is 1. The Kier molecular flexibility index (Phi) is 5.07. The minimum atomic E-state index is -0.481.